The van der Waals surface area contributed by atoms with Crippen molar-refractivity contribution in [3.05, 3.63) is 59.4 Å². The predicted octanol–water partition coefficient (Wildman–Crippen LogP) is 4.01. The second-order valence-corrected chi connectivity index (χ2v) is 7.49. The van der Waals surface area contributed by atoms with Gasteiger partial charge in [-0.3, -0.25) is 0 Å². The number of rotatable bonds is 4. The van der Waals surface area contributed by atoms with E-state index in [9.17, 15) is 4.39 Å². The van der Waals surface area contributed by atoms with Crippen LogP contribution in [0, 0.1) is 12.7 Å². The highest BCUT2D eigenvalue weighted by atomic mass is 19.1. The molecule has 0 atom stereocenters. The topological polar surface area (TPSA) is 27.7 Å². The van der Waals surface area contributed by atoms with Crippen LogP contribution in [-0.4, -0.2) is 18.3 Å². The van der Waals surface area contributed by atoms with Gasteiger partial charge in [-0.15, -0.1) is 0 Å². The van der Waals surface area contributed by atoms with Crippen LogP contribution in [0.15, 0.2) is 42.5 Å². The van der Waals surface area contributed by atoms with E-state index >= 15 is 0 Å². The van der Waals surface area contributed by atoms with E-state index in [0.717, 1.165) is 16.6 Å². The summed E-state index contributed by atoms with van der Waals surface area (Å²) in [7, 11) is -0.446. The highest BCUT2D eigenvalue weighted by Gasteiger charge is 2.52. The number of aryl methyl sites for hydroxylation is 1. The van der Waals surface area contributed by atoms with Gasteiger partial charge in [0.25, 0.3) is 0 Å². The van der Waals surface area contributed by atoms with Gasteiger partial charge in [-0.1, -0.05) is 30.3 Å². The van der Waals surface area contributed by atoms with E-state index < -0.39 is 18.3 Å². The Kier molecular flexibility index (Phi) is 4.65. The third kappa shape index (κ3) is 3.58. The van der Waals surface area contributed by atoms with E-state index in [1.807, 2.05) is 58.9 Å². The maximum absolute atomic E-state index is 13.4. The minimum Gasteiger partial charge on any atom is -0.489 e. The molecule has 1 fully saturated rings. The van der Waals surface area contributed by atoms with Crippen molar-refractivity contribution in [1.82, 2.24) is 0 Å². The van der Waals surface area contributed by atoms with E-state index in [1.165, 1.54) is 12.1 Å². The average Bonchev–Trinajstić information content (AvgIpc) is 2.76. The average molecular weight is 342 g/mol. The first kappa shape index (κ1) is 18.0. The second kappa shape index (κ2) is 6.47. The van der Waals surface area contributed by atoms with Gasteiger partial charge in [-0.25, -0.2) is 4.39 Å². The fraction of sp³-hybridized carbons (Fsp3) is 0.400. The summed E-state index contributed by atoms with van der Waals surface area (Å²) in [5.74, 6) is 0.239. The van der Waals surface area contributed by atoms with Crippen LogP contribution in [0.2, 0.25) is 0 Å². The monoisotopic (exact) mass is 342 g/mol. The van der Waals surface area contributed by atoms with Crippen molar-refractivity contribution in [3.63, 3.8) is 0 Å². The molecular weight excluding hydrogens is 318 g/mol. The third-order valence-corrected chi connectivity index (χ3v) is 5.10. The fourth-order valence-corrected chi connectivity index (χ4v) is 2.75. The molecule has 1 heterocycles. The Hall–Kier alpha value is -1.85. The highest BCUT2D eigenvalue weighted by molar-refractivity contribution is 6.62. The molecule has 0 amide bonds. The summed E-state index contributed by atoms with van der Waals surface area (Å²) in [5.41, 5.74) is 2.00. The van der Waals surface area contributed by atoms with Crippen LogP contribution in [0.1, 0.15) is 38.8 Å². The molecule has 3 nitrogen and oxygen atoms in total. The lowest BCUT2D eigenvalue weighted by Crippen LogP contribution is -2.41. The zero-order valence-corrected chi connectivity index (χ0v) is 15.4. The second-order valence-electron chi connectivity index (χ2n) is 7.49. The molecule has 3 rings (SSSR count). The van der Waals surface area contributed by atoms with Crippen LogP contribution in [0.5, 0.6) is 5.75 Å². The van der Waals surface area contributed by atoms with Gasteiger partial charge >= 0.3 is 7.12 Å². The molecule has 132 valence electrons. The van der Waals surface area contributed by atoms with E-state index in [0.29, 0.717) is 12.4 Å². The summed E-state index contributed by atoms with van der Waals surface area (Å²) >= 11 is 0. The van der Waals surface area contributed by atoms with Gasteiger partial charge < -0.3 is 14.0 Å². The molecule has 1 saturated heterocycles. The summed E-state index contributed by atoms with van der Waals surface area (Å²) < 4.78 is 31.6. The van der Waals surface area contributed by atoms with Crippen LogP contribution in [-0.2, 0) is 15.9 Å². The largest absolute Gasteiger partial charge is 0.495 e. The summed E-state index contributed by atoms with van der Waals surface area (Å²) in [5, 5.41) is 0. The Balaban J connectivity index is 1.82. The molecule has 5 heteroatoms. The van der Waals surface area contributed by atoms with Crippen molar-refractivity contribution >= 4 is 12.6 Å². The SMILES string of the molecule is Cc1ccc(F)cc1OCc1ccccc1B1OC(C)(C)C(C)(C)O1. The van der Waals surface area contributed by atoms with Gasteiger partial charge in [-0.05, 0) is 57.3 Å². The van der Waals surface area contributed by atoms with Gasteiger partial charge in [0, 0.05) is 6.07 Å². The first-order valence-corrected chi connectivity index (χ1v) is 8.52. The van der Waals surface area contributed by atoms with Crippen LogP contribution in [0.25, 0.3) is 0 Å². The van der Waals surface area contributed by atoms with Crippen LogP contribution >= 0.6 is 0 Å². The van der Waals surface area contributed by atoms with Gasteiger partial charge in [0.1, 0.15) is 18.2 Å². The smallest absolute Gasteiger partial charge is 0.489 e. The molecule has 0 aromatic heterocycles. The van der Waals surface area contributed by atoms with Crippen molar-refractivity contribution in [2.24, 2.45) is 0 Å². The van der Waals surface area contributed by atoms with Crippen LogP contribution in [0.4, 0.5) is 4.39 Å². The van der Waals surface area contributed by atoms with E-state index in [-0.39, 0.29) is 5.82 Å². The molecule has 0 bridgehead atoms. The van der Waals surface area contributed by atoms with Crippen molar-refractivity contribution in [2.75, 3.05) is 0 Å². The molecule has 2 aromatic carbocycles. The zero-order chi connectivity index (χ0) is 18.2. The molecule has 0 aliphatic carbocycles. The fourth-order valence-electron chi connectivity index (χ4n) is 2.75. The Morgan fingerprint density at radius 1 is 1.00 bits per heavy atom. The predicted molar refractivity (Wildman–Crippen MR) is 97.6 cm³/mol. The third-order valence-electron chi connectivity index (χ3n) is 5.10. The van der Waals surface area contributed by atoms with Crippen molar-refractivity contribution in [2.45, 2.75) is 52.4 Å². The Morgan fingerprint density at radius 2 is 1.64 bits per heavy atom. The van der Waals surface area contributed by atoms with Gasteiger partial charge in [0.05, 0.1) is 11.2 Å². The first-order valence-electron chi connectivity index (χ1n) is 8.52. The number of halogens is 1. The van der Waals surface area contributed by atoms with E-state index in [1.54, 1.807) is 6.07 Å². The lowest BCUT2D eigenvalue weighted by Gasteiger charge is -2.32. The Morgan fingerprint density at radius 3 is 2.32 bits per heavy atom. The standard InChI is InChI=1S/C20H24BFO3/c1-14-10-11-16(22)12-18(14)23-13-15-8-6-7-9-17(15)21-24-19(2,3)20(4,5)25-21/h6-12H,13H2,1-5H3. The molecule has 0 unspecified atom stereocenters. The molecule has 25 heavy (non-hydrogen) atoms. The quantitative estimate of drug-likeness (QED) is 0.786. The molecular formula is C20H24BFO3. The first-order chi connectivity index (χ1) is 11.7. The molecule has 1 aliphatic heterocycles. The summed E-state index contributed by atoms with van der Waals surface area (Å²) in [4.78, 5) is 0. The Bertz CT molecular complexity index is 757. The van der Waals surface area contributed by atoms with E-state index in [4.69, 9.17) is 14.0 Å². The molecule has 0 saturated carbocycles. The molecule has 1 aliphatic rings. The number of hydrogen-bond donors (Lipinski definition) is 0. The summed E-state index contributed by atoms with van der Waals surface area (Å²) in [6.07, 6.45) is 0. The minimum atomic E-state index is -0.446. The number of benzene rings is 2. The minimum absolute atomic E-state index is 0.306. The lowest BCUT2D eigenvalue weighted by molar-refractivity contribution is 0.00578. The van der Waals surface area contributed by atoms with E-state index in [2.05, 4.69) is 0 Å². The van der Waals surface area contributed by atoms with Crippen molar-refractivity contribution in [3.8, 4) is 5.75 Å². The number of hydrogen-bond acceptors (Lipinski definition) is 3. The zero-order valence-electron chi connectivity index (χ0n) is 15.4. The summed E-state index contributed by atoms with van der Waals surface area (Å²) in [6, 6.07) is 12.4. The summed E-state index contributed by atoms with van der Waals surface area (Å²) in [6.45, 7) is 10.3. The molecule has 0 spiro atoms. The molecule has 0 radical (unpaired) electrons. The van der Waals surface area contributed by atoms with Gasteiger partial charge in [0.15, 0.2) is 0 Å². The van der Waals surface area contributed by atoms with Crippen molar-refractivity contribution in [1.29, 1.82) is 0 Å². The van der Waals surface area contributed by atoms with Crippen LogP contribution < -0.4 is 10.2 Å². The van der Waals surface area contributed by atoms with Gasteiger partial charge in [-0.2, -0.15) is 0 Å². The van der Waals surface area contributed by atoms with Crippen LogP contribution in [0.3, 0.4) is 0 Å². The normalized spacial score (nSPS) is 18.4. The maximum atomic E-state index is 13.4. The lowest BCUT2D eigenvalue weighted by atomic mass is 9.76. The molecule has 0 N–H and O–H groups in total. The van der Waals surface area contributed by atoms with Crippen molar-refractivity contribution < 1.29 is 18.4 Å². The van der Waals surface area contributed by atoms with Gasteiger partial charge in [0.2, 0.25) is 0 Å². The number of ether oxygens (including phenoxy) is 1. The maximum Gasteiger partial charge on any atom is 0.495 e. The Labute approximate surface area is 149 Å². The highest BCUT2D eigenvalue weighted by Crippen LogP contribution is 2.36. The molecule has 2 aromatic rings.